The molecule has 0 amide bonds. The van der Waals surface area contributed by atoms with Crippen LogP contribution in [0, 0.1) is 34.5 Å². The summed E-state index contributed by atoms with van der Waals surface area (Å²) >= 11 is 0. The highest BCUT2D eigenvalue weighted by atomic mass is 16.8. The van der Waals surface area contributed by atoms with E-state index in [2.05, 4.69) is 19.9 Å². The van der Waals surface area contributed by atoms with Crippen molar-refractivity contribution in [1.82, 2.24) is 0 Å². The standard InChI is InChI=1S/C39H62O17/c1-16(42)20-6-7-21-19-5-4-17-12-18(8-10-38(17,2)22(19)9-11-39(20,21)3)52-37-34(56-36-33(50)30(47)27(44)24(14-41)54-36)31(48)28(45)25(55-37)15-51-35-32(49)29(46)26(43)23(13-40)53-35/h4,18-37,40-41,43-50H,5-15H2,1-3H3/t18-,19-,20+,21-,22-,23+,24+,25+,26+,27+,28+,29-,30-,31-,32+,33+,34+,35+,36-,37+,38-,39+/m0/s1. The van der Waals surface area contributed by atoms with Crippen molar-refractivity contribution in [2.45, 2.75) is 170 Å². The van der Waals surface area contributed by atoms with Crippen molar-refractivity contribution in [1.29, 1.82) is 0 Å². The summed E-state index contributed by atoms with van der Waals surface area (Å²) in [6.45, 7) is 4.47. The van der Waals surface area contributed by atoms with Gasteiger partial charge in [0.25, 0.3) is 0 Å². The molecule has 7 rings (SSSR count). The number of hydrogen-bond acceptors (Lipinski definition) is 17. The number of Topliss-reactive ketones (excluding diaryl/α,β-unsaturated/α-hetero) is 1. The second kappa shape index (κ2) is 16.7. The number of allylic oxidation sites excluding steroid dienone is 1. The highest BCUT2D eigenvalue weighted by molar-refractivity contribution is 5.79. The average Bonchev–Trinajstić information content (AvgIpc) is 3.54. The molecule has 3 saturated carbocycles. The van der Waals surface area contributed by atoms with Crippen LogP contribution in [0.3, 0.4) is 0 Å². The average molecular weight is 803 g/mol. The van der Waals surface area contributed by atoms with Crippen molar-refractivity contribution < 1.29 is 84.3 Å². The summed E-state index contributed by atoms with van der Waals surface area (Å²) in [7, 11) is 0. The maximum absolute atomic E-state index is 12.6. The predicted octanol–water partition coefficient (Wildman–Crippen LogP) is -2.01. The smallest absolute Gasteiger partial charge is 0.187 e. The minimum Gasteiger partial charge on any atom is -0.394 e. The summed E-state index contributed by atoms with van der Waals surface area (Å²) < 4.78 is 35.4. The second-order valence-corrected chi connectivity index (χ2v) is 17.9. The fourth-order valence-electron chi connectivity index (χ4n) is 11.6. The van der Waals surface area contributed by atoms with E-state index in [9.17, 15) is 55.9 Å². The Balaban J connectivity index is 1.08. The van der Waals surface area contributed by atoms with E-state index >= 15 is 0 Å². The number of carbonyl (C=O) groups is 1. The van der Waals surface area contributed by atoms with E-state index in [1.54, 1.807) is 6.92 Å². The summed E-state index contributed by atoms with van der Waals surface area (Å²) in [6, 6.07) is 0. The number of aliphatic hydroxyl groups excluding tert-OH is 10. The lowest BCUT2D eigenvalue weighted by Gasteiger charge is -2.58. The van der Waals surface area contributed by atoms with Gasteiger partial charge >= 0.3 is 0 Å². The van der Waals surface area contributed by atoms with E-state index in [4.69, 9.17) is 28.4 Å². The van der Waals surface area contributed by atoms with Gasteiger partial charge in [-0.15, -0.1) is 0 Å². The van der Waals surface area contributed by atoms with E-state index in [1.165, 1.54) is 5.57 Å². The van der Waals surface area contributed by atoms with Crippen LogP contribution in [-0.2, 0) is 33.2 Å². The third kappa shape index (κ3) is 7.45. The largest absolute Gasteiger partial charge is 0.394 e. The van der Waals surface area contributed by atoms with Crippen LogP contribution in [0.5, 0.6) is 0 Å². The van der Waals surface area contributed by atoms with Gasteiger partial charge in [0.05, 0.1) is 25.9 Å². The molecule has 56 heavy (non-hydrogen) atoms. The van der Waals surface area contributed by atoms with Gasteiger partial charge in [0.1, 0.15) is 79.0 Å². The SMILES string of the molecule is CC(=O)[C@H]1CC[C@H]2[C@@H]3CC=C4C[C@@H](O[C@@H]5O[C@H](CO[C@@H]6O[C@H](CO)[C@@H](O)[C@H](O)[C@H]6O)[C@@H](O)[C@H](O)[C@H]5O[C@@H]5O[C@H](CO)[C@@H](O)[C@H](O)[C@H]5O)CC[C@]4(C)[C@H]3CC[C@]12C. The van der Waals surface area contributed by atoms with Gasteiger partial charge in [-0.3, -0.25) is 4.79 Å². The summed E-state index contributed by atoms with van der Waals surface area (Å²) in [5, 5.41) is 104. The lowest BCUT2D eigenvalue weighted by Crippen LogP contribution is -2.65. The number of ether oxygens (including phenoxy) is 6. The van der Waals surface area contributed by atoms with Crippen LogP contribution < -0.4 is 0 Å². The third-order valence-electron chi connectivity index (χ3n) is 14.9. The molecule has 17 nitrogen and oxygen atoms in total. The predicted molar refractivity (Wildman–Crippen MR) is 190 cm³/mol. The Morgan fingerprint density at radius 3 is 1.95 bits per heavy atom. The number of ketones is 1. The van der Waals surface area contributed by atoms with Gasteiger partial charge in [-0.1, -0.05) is 25.5 Å². The monoisotopic (exact) mass is 802 g/mol. The lowest BCUT2D eigenvalue weighted by atomic mass is 9.47. The normalized spacial score (nSPS) is 53.4. The molecule has 10 N–H and O–H groups in total. The quantitative estimate of drug-likeness (QED) is 0.107. The summed E-state index contributed by atoms with van der Waals surface area (Å²) in [5.41, 5.74) is 1.22. The van der Waals surface area contributed by atoms with E-state index in [0.717, 1.165) is 38.5 Å². The van der Waals surface area contributed by atoms with Crippen LogP contribution >= 0.6 is 0 Å². The molecule has 0 aromatic heterocycles. The molecule has 4 aliphatic carbocycles. The molecule has 0 aromatic rings. The van der Waals surface area contributed by atoms with Crippen LogP contribution in [0.25, 0.3) is 0 Å². The van der Waals surface area contributed by atoms with Gasteiger partial charge in [0.15, 0.2) is 18.9 Å². The van der Waals surface area contributed by atoms with Crippen molar-refractivity contribution in [2.75, 3.05) is 19.8 Å². The lowest BCUT2D eigenvalue weighted by molar-refractivity contribution is -0.376. The first-order chi connectivity index (χ1) is 26.5. The molecule has 0 bridgehead atoms. The van der Waals surface area contributed by atoms with E-state index in [0.29, 0.717) is 36.4 Å². The van der Waals surface area contributed by atoms with Gasteiger partial charge in [0.2, 0.25) is 0 Å². The van der Waals surface area contributed by atoms with Crippen LogP contribution in [0.2, 0.25) is 0 Å². The zero-order valence-electron chi connectivity index (χ0n) is 32.2. The maximum Gasteiger partial charge on any atom is 0.187 e. The number of rotatable bonds is 10. The molecule has 6 fully saturated rings. The van der Waals surface area contributed by atoms with E-state index in [-0.39, 0.29) is 16.7 Å². The van der Waals surface area contributed by atoms with Crippen LogP contribution in [0.4, 0.5) is 0 Å². The maximum atomic E-state index is 12.6. The van der Waals surface area contributed by atoms with Crippen molar-refractivity contribution in [2.24, 2.45) is 34.5 Å². The van der Waals surface area contributed by atoms with E-state index in [1.807, 2.05) is 0 Å². The number of fused-ring (bicyclic) bond motifs is 5. The van der Waals surface area contributed by atoms with Crippen molar-refractivity contribution in [3.8, 4) is 0 Å². The summed E-state index contributed by atoms with van der Waals surface area (Å²) in [4.78, 5) is 12.6. The Morgan fingerprint density at radius 1 is 0.696 bits per heavy atom. The summed E-state index contributed by atoms with van der Waals surface area (Å²) in [6.07, 6.45) is -15.0. The molecule has 7 aliphatic rings. The highest BCUT2D eigenvalue weighted by Gasteiger charge is 2.60. The van der Waals surface area contributed by atoms with Gasteiger partial charge in [-0.2, -0.15) is 0 Å². The van der Waals surface area contributed by atoms with Gasteiger partial charge < -0.3 is 79.5 Å². The fourth-order valence-corrected chi connectivity index (χ4v) is 11.6. The van der Waals surface area contributed by atoms with Gasteiger partial charge in [-0.05, 0) is 86.9 Å². The molecule has 22 atom stereocenters. The molecule has 3 heterocycles. The second-order valence-electron chi connectivity index (χ2n) is 17.9. The Bertz CT molecular complexity index is 1410. The Labute approximate surface area is 326 Å². The first-order valence-electron chi connectivity index (χ1n) is 20.3. The Hall–Kier alpha value is -1.23. The third-order valence-corrected chi connectivity index (χ3v) is 14.9. The van der Waals surface area contributed by atoms with Crippen molar-refractivity contribution >= 4 is 5.78 Å². The van der Waals surface area contributed by atoms with Gasteiger partial charge in [-0.25, -0.2) is 0 Å². The molecule has 3 aliphatic heterocycles. The number of aliphatic hydroxyl groups is 10. The molecule has 0 spiro atoms. The molecule has 0 aromatic carbocycles. The van der Waals surface area contributed by atoms with E-state index < -0.39 is 118 Å². The van der Waals surface area contributed by atoms with Gasteiger partial charge in [0, 0.05) is 5.92 Å². The molecule has 320 valence electrons. The van der Waals surface area contributed by atoms with Crippen LogP contribution in [0.15, 0.2) is 11.6 Å². The molecule has 3 saturated heterocycles. The molecular weight excluding hydrogens is 740 g/mol. The minimum atomic E-state index is -1.82. The van der Waals surface area contributed by atoms with Crippen LogP contribution in [-0.4, -0.2) is 175 Å². The summed E-state index contributed by atoms with van der Waals surface area (Å²) in [5.74, 6) is 1.85. The topological polar surface area (TPSA) is 275 Å². The first-order valence-corrected chi connectivity index (χ1v) is 20.3. The minimum absolute atomic E-state index is 0.0256. The number of carbonyl (C=O) groups excluding carboxylic acids is 1. The molecule has 17 heteroatoms. The Kier molecular flexibility index (Phi) is 12.8. The van der Waals surface area contributed by atoms with Crippen molar-refractivity contribution in [3.63, 3.8) is 0 Å². The molecule has 0 unspecified atom stereocenters. The molecule has 0 radical (unpaired) electrons. The molecular formula is C39H62O17. The zero-order valence-corrected chi connectivity index (χ0v) is 32.2. The number of hydrogen-bond donors (Lipinski definition) is 10. The zero-order chi connectivity index (χ0) is 40.4. The fraction of sp³-hybridized carbons (Fsp3) is 0.923. The Morgan fingerprint density at radius 2 is 1.30 bits per heavy atom. The highest BCUT2D eigenvalue weighted by Crippen LogP contribution is 2.66. The first kappa shape index (κ1) is 42.9. The van der Waals surface area contributed by atoms with Crippen LogP contribution in [0.1, 0.15) is 72.1 Å². The van der Waals surface area contributed by atoms with Crippen molar-refractivity contribution in [3.05, 3.63) is 11.6 Å².